The van der Waals surface area contributed by atoms with E-state index in [1.807, 2.05) is 30.3 Å². The Morgan fingerprint density at radius 2 is 1.74 bits per heavy atom. The van der Waals surface area contributed by atoms with Gasteiger partial charge in [-0.1, -0.05) is 30.3 Å². The van der Waals surface area contributed by atoms with Crippen LogP contribution in [-0.4, -0.2) is 0 Å². The first-order valence-electron chi connectivity index (χ1n) is 6.50. The molecular formula is C16H15F2N. The van der Waals surface area contributed by atoms with Gasteiger partial charge >= 0.3 is 0 Å². The fourth-order valence-corrected chi connectivity index (χ4v) is 2.34. The number of rotatable bonds is 4. The van der Waals surface area contributed by atoms with Gasteiger partial charge in [-0.3, -0.25) is 0 Å². The summed E-state index contributed by atoms with van der Waals surface area (Å²) in [5.74, 6) is -0.556. The molecule has 1 aliphatic rings. The topological polar surface area (TPSA) is 12.0 Å². The Labute approximate surface area is 111 Å². The summed E-state index contributed by atoms with van der Waals surface area (Å²) in [5, 5.41) is 3.21. The van der Waals surface area contributed by atoms with Crippen molar-refractivity contribution in [1.82, 2.24) is 0 Å². The van der Waals surface area contributed by atoms with Crippen LogP contribution < -0.4 is 5.32 Å². The van der Waals surface area contributed by atoms with Gasteiger partial charge in [-0.2, -0.15) is 0 Å². The maximum absolute atomic E-state index is 13.7. The zero-order chi connectivity index (χ0) is 13.2. The summed E-state index contributed by atoms with van der Waals surface area (Å²) in [4.78, 5) is 0. The molecule has 2 aromatic carbocycles. The molecule has 1 nitrogen and oxygen atoms in total. The number of hydrogen-bond donors (Lipinski definition) is 1. The second-order valence-electron chi connectivity index (χ2n) is 4.99. The summed E-state index contributed by atoms with van der Waals surface area (Å²) >= 11 is 0. The SMILES string of the molecule is Fc1ccc(NC(c2ccccc2)C2CC2)c(F)c1. The van der Waals surface area contributed by atoms with E-state index in [0.29, 0.717) is 11.6 Å². The molecule has 0 heterocycles. The van der Waals surface area contributed by atoms with Crippen LogP contribution in [-0.2, 0) is 0 Å². The second kappa shape index (κ2) is 5.00. The van der Waals surface area contributed by atoms with Gasteiger partial charge in [0.1, 0.15) is 11.6 Å². The summed E-state index contributed by atoms with van der Waals surface area (Å²) in [6, 6.07) is 13.8. The number of anilines is 1. The molecule has 0 saturated heterocycles. The van der Waals surface area contributed by atoms with Crippen molar-refractivity contribution in [3.05, 3.63) is 65.7 Å². The number of halogens is 2. The van der Waals surface area contributed by atoms with Crippen molar-refractivity contribution in [2.45, 2.75) is 18.9 Å². The van der Waals surface area contributed by atoms with Gasteiger partial charge in [0.05, 0.1) is 11.7 Å². The Morgan fingerprint density at radius 3 is 2.37 bits per heavy atom. The molecule has 1 atom stereocenters. The third-order valence-corrected chi connectivity index (χ3v) is 3.49. The lowest BCUT2D eigenvalue weighted by molar-refractivity contribution is 0.580. The summed E-state index contributed by atoms with van der Waals surface area (Å²) in [7, 11) is 0. The van der Waals surface area contributed by atoms with Crippen LogP contribution in [0.15, 0.2) is 48.5 Å². The zero-order valence-corrected chi connectivity index (χ0v) is 10.4. The predicted molar refractivity (Wildman–Crippen MR) is 71.9 cm³/mol. The third kappa shape index (κ3) is 2.75. The standard InChI is InChI=1S/C16H15F2N/c17-13-8-9-15(14(18)10-13)19-16(12-6-7-12)11-4-2-1-3-5-11/h1-5,8-10,12,16,19H,6-7H2. The van der Waals surface area contributed by atoms with Gasteiger partial charge in [0.2, 0.25) is 0 Å². The minimum atomic E-state index is -0.550. The fourth-order valence-electron chi connectivity index (χ4n) is 2.34. The van der Waals surface area contributed by atoms with Crippen molar-refractivity contribution in [3.63, 3.8) is 0 Å². The number of hydrogen-bond acceptors (Lipinski definition) is 1. The highest BCUT2D eigenvalue weighted by atomic mass is 19.1. The van der Waals surface area contributed by atoms with Crippen LogP contribution in [0.1, 0.15) is 24.4 Å². The van der Waals surface area contributed by atoms with Crippen LogP contribution in [0.3, 0.4) is 0 Å². The molecule has 3 rings (SSSR count). The van der Waals surface area contributed by atoms with E-state index in [4.69, 9.17) is 0 Å². The Hall–Kier alpha value is -1.90. The van der Waals surface area contributed by atoms with Gasteiger partial charge in [0.25, 0.3) is 0 Å². The lowest BCUT2D eigenvalue weighted by Gasteiger charge is -2.20. The van der Waals surface area contributed by atoms with Crippen LogP contribution in [0.2, 0.25) is 0 Å². The van der Waals surface area contributed by atoms with Gasteiger partial charge in [0, 0.05) is 6.07 Å². The molecule has 1 saturated carbocycles. The minimum Gasteiger partial charge on any atom is -0.376 e. The van der Waals surface area contributed by atoms with Gasteiger partial charge in [-0.25, -0.2) is 8.78 Å². The summed E-state index contributed by atoms with van der Waals surface area (Å²) in [5.41, 5.74) is 1.51. The summed E-state index contributed by atoms with van der Waals surface area (Å²) < 4.78 is 26.6. The molecule has 1 aliphatic carbocycles. The lowest BCUT2D eigenvalue weighted by atomic mass is 10.0. The third-order valence-electron chi connectivity index (χ3n) is 3.49. The van der Waals surface area contributed by atoms with E-state index in [1.54, 1.807) is 0 Å². The number of nitrogens with one attached hydrogen (secondary N) is 1. The fraction of sp³-hybridized carbons (Fsp3) is 0.250. The lowest BCUT2D eigenvalue weighted by Crippen LogP contribution is -2.13. The van der Waals surface area contributed by atoms with Crippen molar-refractivity contribution in [3.8, 4) is 0 Å². The van der Waals surface area contributed by atoms with Gasteiger partial charge in [-0.05, 0) is 36.5 Å². The quantitative estimate of drug-likeness (QED) is 0.850. The molecule has 2 aromatic rings. The molecular weight excluding hydrogens is 244 g/mol. The molecule has 1 fully saturated rings. The minimum absolute atomic E-state index is 0.0983. The van der Waals surface area contributed by atoms with Crippen LogP contribution in [0, 0.1) is 17.6 Å². The molecule has 98 valence electrons. The van der Waals surface area contributed by atoms with Crippen molar-refractivity contribution in [2.24, 2.45) is 5.92 Å². The maximum Gasteiger partial charge on any atom is 0.149 e. The average molecular weight is 259 g/mol. The van der Waals surface area contributed by atoms with E-state index >= 15 is 0 Å². The summed E-state index contributed by atoms with van der Waals surface area (Å²) in [6.07, 6.45) is 2.30. The first kappa shape index (κ1) is 12.2. The van der Waals surface area contributed by atoms with Crippen LogP contribution in [0.25, 0.3) is 0 Å². The molecule has 0 aliphatic heterocycles. The smallest absolute Gasteiger partial charge is 0.149 e. The first-order chi connectivity index (χ1) is 9.24. The Morgan fingerprint density at radius 1 is 1.00 bits per heavy atom. The molecule has 3 heteroatoms. The van der Waals surface area contributed by atoms with E-state index in [2.05, 4.69) is 5.32 Å². The van der Waals surface area contributed by atoms with E-state index < -0.39 is 11.6 Å². The molecule has 0 bridgehead atoms. The molecule has 1 N–H and O–H groups in total. The van der Waals surface area contributed by atoms with Crippen LogP contribution in [0.5, 0.6) is 0 Å². The van der Waals surface area contributed by atoms with Gasteiger partial charge < -0.3 is 5.32 Å². The molecule has 0 amide bonds. The Kier molecular flexibility index (Phi) is 3.20. The van der Waals surface area contributed by atoms with E-state index in [0.717, 1.165) is 24.5 Å². The molecule has 0 aromatic heterocycles. The normalized spacial score (nSPS) is 16.1. The molecule has 0 spiro atoms. The highest BCUT2D eigenvalue weighted by Crippen LogP contribution is 2.43. The Bertz CT molecular complexity index is 564. The van der Waals surface area contributed by atoms with E-state index in [1.165, 1.54) is 12.1 Å². The highest BCUT2D eigenvalue weighted by molar-refractivity contribution is 5.47. The van der Waals surface area contributed by atoms with Crippen molar-refractivity contribution >= 4 is 5.69 Å². The average Bonchev–Trinajstić information content (AvgIpc) is 3.23. The first-order valence-corrected chi connectivity index (χ1v) is 6.50. The van der Waals surface area contributed by atoms with Gasteiger partial charge in [0.15, 0.2) is 0 Å². The molecule has 1 unspecified atom stereocenters. The van der Waals surface area contributed by atoms with Crippen molar-refractivity contribution in [2.75, 3.05) is 5.32 Å². The highest BCUT2D eigenvalue weighted by Gasteiger charge is 2.32. The summed E-state index contributed by atoms with van der Waals surface area (Å²) in [6.45, 7) is 0. The largest absolute Gasteiger partial charge is 0.376 e. The van der Waals surface area contributed by atoms with Crippen molar-refractivity contribution < 1.29 is 8.78 Å². The van der Waals surface area contributed by atoms with E-state index in [-0.39, 0.29) is 6.04 Å². The second-order valence-corrected chi connectivity index (χ2v) is 4.99. The van der Waals surface area contributed by atoms with E-state index in [9.17, 15) is 8.78 Å². The van der Waals surface area contributed by atoms with Crippen LogP contribution >= 0.6 is 0 Å². The Balaban J connectivity index is 1.86. The van der Waals surface area contributed by atoms with Gasteiger partial charge in [-0.15, -0.1) is 0 Å². The molecule has 19 heavy (non-hydrogen) atoms. The predicted octanol–water partition coefficient (Wildman–Crippen LogP) is 4.53. The molecule has 0 radical (unpaired) electrons. The van der Waals surface area contributed by atoms with Crippen LogP contribution in [0.4, 0.5) is 14.5 Å². The number of benzene rings is 2. The zero-order valence-electron chi connectivity index (χ0n) is 10.4. The monoisotopic (exact) mass is 259 g/mol. The van der Waals surface area contributed by atoms with Crippen molar-refractivity contribution in [1.29, 1.82) is 0 Å². The maximum atomic E-state index is 13.7.